The Labute approximate surface area is 403 Å². The van der Waals surface area contributed by atoms with E-state index in [0.717, 1.165) is 42.0 Å². The standard InChI is InChI=1S/C11H8BF3NO4.C10H4BF3N3O3.C10H10BF3NO2.C4H10BF3NO2.4CH3/c13-12(14,15)8-3-1-7(2-4-8)11(19)20-16-9(17)5-6-10(16)18;12-11(13,14)8-4-5-3-6(1-2-7(5)20-8)17-9(18)15-16-10(17)19;12-11(13,14)10-6-8-5-7(3-4-16-15)1-2-9(8)17-10;6-5(7,8)4-11-3-1-2-9-10;;;;/h1-4H,5-6H2;1-4H;1-2,5-6H,3-4,15H2;9-10H,1-4H2;4*1H3/q4*-1;4*+1. The van der Waals surface area contributed by atoms with Crippen molar-refractivity contribution in [3.05, 3.63) is 114 Å². The molecule has 2 aliphatic heterocycles. The fourth-order valence-corrected chi connectivity index (χ4v) is 5.54. The molecular formula is C39H44B4F12N6O11. The van der Waals surface area contributed by atoms with Crippen molar-refractivity contribution in [2.75, 3.05) is 31.2 Å². The van der Waals surface area contributed by atoms with E-state index in [-0.39, 0.29) is 83.5 Å². The van der Waals surface area contributed by atoms with Crippen LogP contribution in [0.1, 0.15) is 35.2 Å². The Morgan fingerprint density at radius 3 is 1.64 bits per heavy atom. The summed E-state index contributed by atoms with van der Waals surface area (Å²) in [7, 11) is 0. The summed E-state index contributed by atoms with van der Waals surface area (Å²) in [6.07, 6.45) is 0.802. The Bertz CT molecular complexity index is 2580. The number of rotatable bonds is 15. The Kier molecular flexibility index (Phi) is 24.7. The molecule has 3 aromatic carbocycles. The van der Waals surface area contributed by atoms with E-state index in [9.17, 15) is 75.8 Å². The maximum Gasteiger partial charge on any atom is 0.544 e. The number of benzene rings is 3. The summed E-state index contributed by atoms with van der Waals surface area (Å²) < 4.78 is 160. The molecule has 4 heterocycles. The monoisotopic (exact) mass is 1040 g/mol. The third-order valence-corrected chi connectivity index (χ3v) is 8.72. The molecule has 72 heavy (non-hydrogen) atoms. The molecule has 5 aromatic rings. The number of nitrogens with one attached hydrogen (secondary N) is 1. The topological polar surface area (TPSA) is 229 Å². The minimum Gasteiger partial charge on any atom is -0.493 e. The normalized spacial score (nSPS) is 13.4. The molecule has 1 saturated heterocycles. The number of imide groups is 2. The number of ether oxygens (including phenoxy) is 1. The number of fused-ring (bicyclic) bond motifs is 2. The number of anilines is 1. The van der Waals surface area contributed by atoms with Crippen LogP contribution in [0.5, 0.6) is 0 Å². The van der Waals surface area contributed by atoms with Gasteiger partial charge in [-0.05, 0) is 60.9 Å². The Hall–Kier alpha value is -7.21. The van der Waals surface area contributed by atoms with Gasteiger partial charge < -0.3 is 80.2 Å². The molecule has 0 bridgehead atoms. The minimum absolute atomic E-state index is 0. The number of carbonyl (C=O) groups is 5. The van der Waals surface area contributed by atoms with Gasteiger partial charge in [0.05, 0.1) is 17.9 Å². The number of hydrogen-bond acceptors (Lipinski definition) is 13. The molecule has 6 amide bonds. The molecule has 0 saturated carbocycles. The fourth-order valence-electron chi connectivity index (χ4n) is 5.54. The van der Waals surface area contributed by atoms with E-state index < -0.39 is 81.0 Å². The molecule has 7 rings (SSSR count). The van der Waals surface area contributed by atoms with Crippen LogP contribution in [0.4, 0.5) is 67.1 Å². The SMILES string of the molecule is NOCCc1ccc2oc([B-](F)(F)F)cc2c1.O=C(ON1C(=O)CCC1=O)c1ccc([B-](F)(F)F)cc1.O=C1N=NC(=O)N1c1ccc2oc([B-](F)(F)F)cc2c1.ONCCCOC[B-](F)(F)F.[CH3+].[CH3+].[CH3+].[CH3+]. The van der Waals surface area contributed by atoms with E-state index in [2.05, 4.69) is 29.1 Å². The molecule has 2 aliphatic rings. The first kappa shape index (κ1) is 64.8. The molecule has 0 spiro atoms. The van der Waals surface area contributed by atoms with Gasteiger partial charge in [0, 0.05) is 84.3 Å². The first-order valence-corrected chi connectivity index (χ1v) is 19.3. The van der Waals surface area contributed by atoms with Gasteiger partial charge in [-0.15, -0.1) is 10.5 Å². The first-order chi connectivity index (χ1) is 31.7. The van der Waals surface area contributed by atoms with Crippen LogP contribution in [-0.2, 0) is 30.4 Å². The highest BCUT2D eigenvalue weighted by atomic mass is 19.4. The van der Waals surface area contributed by atoms with Gasteiger partial charge in [0.2, 0.25) is 0 Å². The summed E-state index contributed by atoms with van der Waals surface area (Å²) in [5.74, 6) is 2.52. The van der Waals surface area contributed by atoms with Crippen molar-refractivity contribution in [3.8, 4) is 0 Å². The van der Waals surface area contributed by atoms with Crippen molar-refractivity contribution >= 4 is 102 Å². The molecule has 0 aliphatic carbocycles. The van der Waals surface area contributed by atoms with E-state index >= 15 is 0 Å². The number of carbonyl (C=O) groups excluding carboxylic acids is 5. The number of azo groups is 1. The summed E-state index contributed by atoms with van der Waals surface area (Å²) in [4.78, 5) is 66.3. The third kappa shape index (κ3) is 18.8. The zero-order chi connectivity index (χ0) is 50.6. The molecule has 1 fully saturated rings. The molecule has 2 aromatic heterocycles. The van der Waals surface area contributed by atoms with Crippen LogP contribution in [0.3, 0.4) is 0 Å². The lowest BCUT2D eigenvalue weighted by atomic mass is 9.80. The lowest BCUT2D eigenvalue weighted by Crippen LogP contribution is -2.34. The van der Waals surface area contributed by atoms with Crippen LogP contribution in [0.15, 0.2) is 91.9 Å². The van der Waals surface area contributed by atoms with Gasteiger partial charge in [-0.25, -0.2) is 30.7 Å². The van der Waals surface area contributed by atoms with Crippen molar-refractivity contribution < 1.29 is 104 Å². The molecular weight excluding hydrogens is 1000 g/mol. The van der Waals surface area contributed by atoms with E-state index in [1.165, 1.54) is 24.3 Å². The van der Waals surface area contributed by atoms with E-state index in [1.807, 2.05) is 5.48 Å². The predicted molar refractivity (Wildman–Crippen MR) is 243 cm³/mol. The third-order valence-electron chi connectivity index (χ3n) is 8.72. The summed E-state index contributed by atoms with van der Waals surface area (Å²) >= 11 is 0. The molecule has 17 nitrogen and oxygen atoms in total. The second kappa shape index (κ2) is 27.4. The number of amides is 6. The van der Waals surface area contributed by atoms with E-state index in [1.54, 1.807) is 12.1 Å². The van der Waals surface area contributed by atoms with Gasteiger partial charge in [-0.2, -0.15) is 0 Å². The average Bonchev–Trinajstić information content (AvgIpc) is 4.05. The van der Waals surface area contributed by atoms with Gasteiger partial charge in [-0.1, -0.05) is 40.6 Å². The predicted octanol–water partition coefficient (Wildman–Crippen LogP) is 8.44. The van der Waals surface area contributed by atoms with Gasteiger partial charge >= 0.3 is 45.9 Å². The zero-order valence-corrected chi connectivity index (χ0v) is 38.3. The van der Waals surface area contributed by atoms with Gasteiger partial charge in [-0.3, -0.25) is 9.59 Å². The Morgan fingerprint density at radius 2 is 1.18 bits per heavy atom. The van der Waals surface area contributed by atoms with Crippen LogP contribution in [-0.4, -0.2) is 94.3 Å². The summed E-state index contributed by atoms with van der Waals surface area (Å²) in [5, 5.41) is 15.0. The van der Waals surface area contributed by atoms with E-state index in [0.29, 0.717) is 34.8 Å². The summed E-state index contributed by atoms with van der Waals surface area (Å²) in [6, 6.07) is 12.0. The average molecular weight is 1040 g/mol. The highest BCUT2D eigenvalue weighted by Gasteiger charge is 2.35. The van der Waals surface area contributed by atoms with Crippen molar-refractivity contribution in [2.45, 2.75) is 25.7 Å². The fraction of sp³-hybridized carbons (Fsp3) is 0.205. The van der Waals surface area contributed by atoms with Crippen LogP contribution >= 0.6 is 0 Å². The summed E-state index contributed by atoms with van der Waals surface area (Å²) in [5.41, 5.74) is -0.0602. The smallest absolute Gasteiger partial charge is 0.493 e. The number of furan rings is 2. The van der Waals surface area contributed by atoms with Crippen LogP contribution in [0, 0.1) is 29.7 Å². The van der Waals surface area contributed by atoms with Crippen molar-refractivity contribution in [2.24, 2.45) is 16.1 Å². The molecule has 4 N–H and O–H groups in total. The molecule has 0 unspecified atom stereocenters. The van der Waals surface area contributed by atoms with Gasteiger partial charge in [0.1, 0.15) is 11.2 Å². The van der Waals surface area contributed by atoms with Crippen LogP contribution in [0.2, 0.25) is 0 Å². The quantitative estimate of drug-likeness (QED) is 0.0224. The first-order valence-electron chi connectivity index (χ1n) is 19.3. The molecule has 0 atom stereocenters. The van der Waals surface area contributed by atoms with Crippen molar-refractivity contribution in [1.29, 1.82) is 0 Å². The number of halogens is 12. The zero-order valence-electron chi connectivity index (χ0n) is 38.3. The Balaban J connectivity index is 0.000000936. The second-order valence-corrected chi connectivity index (χ2v) is 14.0. The highest BCUT2D eigenvalue weighted by molar-refractivity contribution is 6.74. The number of hydrogen-bond donors (Lipinski definition) is 3. The van der Waals surface area contributed by atoms with Crippen LogP contribution in [0.25, 0.3) is 21.9 Å². The van der Waals surface area contributed by atoms with E-state index in [4.69, 9.17) is 15.5 Å². The minimum atomic E-state index is -5.25. The second-order valence-electron chi connectivity index (χ2n) is 14.0. The number of nitrogens with zero attached hydrogens (tertiary/aromatic N) is 4. The van der Waals surface area contributed by atoms with Gasteiger partial charge in [0.25, 0.3) is 11.8 Å². The van der Waals surface area contributed by atoms with Crippen molar-refractivity contribution in [1.82, 2.24) is 10.5 Å². The largest absolute Gasteiger partial charge is 0.544 e. The highest BCUT2D eigenvalue weighted by Crippen LogP contribution is 2.27. The molecule has 33 heteroatoms. The maximum absolute atomic E-state index is 12.6. The molecule has 0 radical (unpaired) electrons. The Morgan fingerprint density at radius 1 is 0.681 bits per heavy atom. The molecule has 392 valence electrons. The number of nitrogens with two attached hydrogens (primary N) is 1. The lowest BCUT2D eigenvalue weighted by molar-refractivity contribution is -0.172. The summed E-state index contributed by atoms with van der Waals surface area (Å²) in [6.45, 7) is -20.9. The number of hydroxylamine groups is 3. The van der Waals surface area contributed by atoms with Crippen LogP contribution < -0.4 is 33.1 Å². The number of urea groups is 2. The lowest BCUT2D eigenvalue weighted by Gasteiger charge is -2.15. The van der Waals surface area contributed by atoms with Crippen molar-refractivity contribution in [3.63, 3.8) is 0 Å². The van der Waals surface area contributed by atoms with Gasteiger partial charge in [0.15, 0.2) is 0 Å². The maximum atomic E-state index is 12.6.